The van der Waals surface area contributed by atoms with Crippen molar-refractivity contribution in [3.05, 3.63) is 12.3 Å². The van der Waals surface area contributed by atoms with Gasteiger partial charge in [0.2, 0.25) is 0 Å². The normalized spacial score (nSPS) is 25.6. The Balaban J connectivity index is 2.63. The molecule has 0 aromatic carbocycles. The van der Waals surface area contributed by atoms with Gasteiger partial charge in [0, 0.05) is 0 Å². The molecule has 0 saturated carbocycles. The molecule has 0 spiro atoms. The van der Waals surface area contributed by atoms with Crippen LogP contribution in [0.3, 0.4) is 0 Å². The molecule has 12 heavy (non-hydrogen) atoms. The van der Waals surface area contributed by atoms with Gasteiger partial charge in [0.25, 0.3) is 5.91 Å². The molecule has 1 heterocycles. The van der Waals surface area contributed by atoms with E-state index in [0.29, 0.717) is 6.26 Å². The first-order valence-electron chi connectivity index (χ1n) is 3.25. The number of aliphatic hydroxyl groups is 2. The molecule has 1 aliphatic heterocycles. The fourth-order valence-electron chi connectivity index (χ4n) is 0.872. The molecule has 4 N–H and O–H groups in total. The number of rotatable bonds is 2. The number of carbonyl (C=O) groups is 2. The van der Waals surface area contributed by atoms with Gasteiger partial charge in [-0.25, -0.2) is 4.79 Å². The molecule has 1 saturated heterocycles. The lowest BCUT2D eigenvalue weighted by Gasteiger charge is -2.09. The summed E-state index contributed by atoms with van der Waals surface area (Å²) in [6, 6.07) is -1.66. The Morgan fingerprint density at radius 2 is 2.17 bits per heavy atom. The first kappa shape index (κ1) is 8.54. The Morgan fingerprint density at radius 3 is 2.58 bits per heavy atom. The van der Waals surface area contributed by atoms with Gasteiger partial charge in [-0.1, -0.05) is 0 Å². The third kappa shape index (κ3) is 1.54. The van der Waals surface area contributed by atoms with E-state index in [2.05, 4.69) is 5.32 Å². The Bertz CT molecular complexity index is 238. The molecule has 2 unspecified atom stereocenters. The van der Waals surface area contributed by atoms with Crippen molar-refractivity contribution >= 4 is 11.9 Å². The van der Waals surface area contributed by atoms with Crippen molar-refractivity contribution in [3.8, 4) is 0 Å². The molecule has 2 atom stereocenters. The highest BCUT2D eigenvalue weighted by Gasteiger charge is 2.33. The summed E-state index contributed by atoms with van der Waals surface area (Å²) in [4.78, 5) is 21.4. The maximum atomic E-state index is 10.8. The van der Waals surface area contributed by atoms with Gasteiger partial charge >= 0.3 is 6.03 Å². The highest BCUT2D eigenvalue weighted by atomic mass is 16.3. The number of carbonyl (C=O) groups excluding carboxylic acids is 2. The quantitative estimate of drug-likeness (QED) is 0.305. The van der Waals surface area contributed by atoms with E-state index in [4.69, 9.17) is 10.2 Å². The second kappa shape index (κ2) is 3.22. The molecule has 6 heteroatoms. The SMILES string of the molecule is O=C1NC(=O)C(C(O)C=CO)N1. The van der Waals surface area contributed by atoms with Gasteiger partial charge < -0.3 is 15.5 Å². The Kier molecular flexibility index (Phi) is 2.29. The van der Waals surface area contributed by atoms with E-state index in [1.165, 1.54) is 0 Å². The number of nitrogens with one attached hydrogen (secondary N) is 2. The van der Waals surface area contributed by atoms with Gasteiger partial charge in [0.15, 0.2) is 0 Å². The van der Waals surface area contributed by atoms with Crippen molar-refractivity contribution in [2.24, 2.45) is 0 Å². The van der Waals surface area contributed by atoms with E-state index in [1.807, 2.05) is 5.32 Å². The molecule has 1 rings (SSSR count). The van der Waals surface area contributed by atoms with E-state index < -0.39 is 24.1 Å². The van der Waals surface area contributed by atoms with E-state index in [1.54, 1.807) is 0 Å². The van der Waals surface area contributed by atoms with Crippen LogP contribution in [0.2, 0.25) is 0 Å². The van der Waals surface area contributed by atoms with Crippen LogP contribution in [-0.2, 0) is 4.79 Å². The van der Waals surface area contributed by atoms with Crippen LogP contribution in [0.5, 0.6) is 0 Å². The van der Waals surface area contributed by atoms with E-state index in [-0.39, 0.29) is 0 Å². The van der Waals surface area contributed by atoms with Gasteiger partial charge in [0.1, 0.15) is 12.1 Å². The monoisotopic (exact) mass is 172 g/mol. The molecular weight excluding hydrogens is 164 g/mol. The molecule has 0 bridgehead atoms. The molecule has 6 nitrogen and oxygen atoms in total. The first-order chi connectivity index (χ1) is 5.65. The zero-order valence-corrected chi connectivity index (χ0v) is 6.02. The van der Waals surface area contributed by atoms with Crippen molar-refractivity contribution in [2.45, 2.75) is 12.1 Å². The molecule has 1 fully saturated rings. The van der Waals surface area contributed by atoms with Crippen molar-refractivity contribution in [3.63, 3.8) is 0 Å². The van der Waals surface area contributed by atoms with Crippen LogP contribution in [0.25, 0.3) is 0 Å². The number of urea groups is 1. The average molecular weight is 172 g/mol. The van der Waals surface area contributed by atoms with Crippen molar-refractivity contribution in [1.29, 1.82) is 0 Å². The third-order valence-electron chi connectivity index (χ3n) is 1.43. The fraction of sp³-hybridized carbons (Fsp3) is 0.333. The smallest absolute Gasteiger partial charge is 0.322 e. The Morgan fingerprint density at radius 1 is 1.50 bits per heavy atom. The molecule has 3 amide bonds. The minimum absolute atomic E-state index is 0.606. The van der Waals surface area contributed by atoms with E-state index >= 15 is 0 Å². The molecule has 0 aromatic heterocycles. The lowest BCUT2D eigenvalue weighted by molar-refractivity contribution is -0.121. The number of hydrogen-bond acceptors (Lipinski definition) is 4. The largest absolute Gasteiger partial charge is 0.516 e. The Labute approximate surface area is 67.9 Å². The van der Waals surface area contributed by atoms with Crippen LogP contribution in [0, 0.1) is 0 Å². The summed E-state index contributed by atoms with van der Waals surface area (Å²) in [7, 11) is 0. The second-order valence-corrected chi connectivity index (χ2v) is 2.27. The van der Waals surface area contributed by atoms with Gasteiger partial charge in [-0.2, -0.15) is 0 Å². The molecule has 0 aliphatic carbocycles. The van der Waals surface area contributed by atoms with Crippen LogP contribution >= 0.6 is 0 Å². The first-order valence-corrected chi connectivity index (χ1v) is 3.25. The van der Waals surface area contributed by atoms with Gasteiger partial charge in [-0.15, -0.1) is 0 Å². The summed E-state index contributed by atoms with van der Waals surface area (Å²) in [6.45, 7) is 0. The van der Waals surface area contributed by atoms with Gasteiger partial charge in [0.05, 0.1) is 6.26 Å². The molecular formula is C6H8N2O4. The topological polar surface area (TPSA) is 98.7 Å². The fourth-order valence-corrected chi connectivity index (χ4v) is 0.872. The molecule has 66 valence electrons. The number of aliphatic hydroxyl groups excluding tert-OH is 2. The van der Waals surface area contributed by atoms with Gasteiger partial charge in [-0.05, 0) is 6.08 Å². The standard InChI is InChI=1S/C6H8N2O4/c9-2-1-3(10)4-5(11)8-6(12)7-4/h1-4,9-10H,(H2,7,8,11,12). The summed E-state index contributed by atoms with van der Waals surface area (Å²) in [5.74, 6) is -0.606. The molecule has 0 radical (unpaired) electrons. The highest BCUT2D eigenvalue weighted by molar-refractivity contribution is 6.04. The van der Waals surface area contributed by atoms with Crippen LogP contribution in [0.4, 0.5) is 4.79 Å². The molecule has 1 aliphatic rings. The maximum absolute atomic E-state index is 10.8. The number of hydrogen-bond donors (Lipinski definition) is 4. The third-order valence-corrected chi connectivity index (χ3v) is 1.43. The van der Waals surface area contributed by atoms with Crippen molar-refractivity contribution < 1.29 is 19.8 Å². The van der Waals surface area contributed by atoms with Crippen LogP contribution in [-0.4, -0.2) is 34.3 Å². The minimum Gasteiger partial charge on any atom is -0.516 e. The zero-order valence-electron chi connectivity index (χ0n) is 6.02. The van der Waals surface area contributed by atoms with E-state index in [0.717, 1.165) is 6.08 Å². The highest BCUT2D eigenvalue weighted by Crippen LogP contribution is 2.00. The summed E-state index contributed by atoms with van der Waals surface area (Å²) >= 11 is 0. The van der Waals surface area contributed by atoms with E-state index in [9.17, 15) is 9.59 Å². The van der Waals surface area contributed by atoms with Crippen LogP contribution in [0.1, 0.15) is 0 Å². The minimum atomic E-state index is -1.21. The summed E-state index contributed by atoms with van der Waals surface area (Å²) < 4.78 is 0. The predicted molar refractivity (Wildman–Crippen MR) is 38.2 cm³/mol. The van der Waals surface area contributed by atoms with Gasteiger partial charge in [-0.3, -0.25) is 10.1 Å². The van der Waals surface area contributed by atoms with Crippen molar-refractivity contribution in [2.75, 3.05) is 0 Å². The van der Waals surface area contributed by atoms with Crippen LogP contribution < -0.4 is 10.6 Å². The maximum Gasteiger partial charge on any atom is 0.322 e. The van der Waals surface area contributed by atoms with Crippen LogP contribution in [0.15, 0.2) is 12.3 Å². The zero-order chi connectivity index (χ0) is 9.14. The predicted octanol–water partition coefficient (Wildman–Crippen LogP) is -1.37. The second-order valence-electron chi connectivity index (χ2n) is 2.27. The number of amides is 3. The summed E-state index contributed by atoms with van der Waals surface area (Å²) in [5, 5.41) is 21.5. The summed E-state index contributed by atoms with van der Waals surface area (Å²) in [6.07, 6.45) is 0.402. The lowest BCUT2D eigenvalue weighted by Crippen LogP contribution is -2.39. The van der Waals surface area contributed by atoms with Crippen molar-refractivity contribution in [1.82, 2.24) is 10.6 Å². The molecule has 0 aromatic rings. The Hall–Kier alpha value is -1.56. The average Bonchev–Trinajstić information content (AvgIpc) is 2.30. The summed E-state index contributed by atoms with van der Waals surface area (Å²) in [5.41, 5.74) is 0. The number of imide groups is 1. The lowest BCUT2D eigenvalue weighted by atomic mass is 10.1.